The first-order chi connectivity index (χ1) is 8.88. The third-order valence-electron chi connectivity index (χ3n) is 3.46. The maximum absolute atomic E-state index is 12.1. The molecule has 0 radical (unpaired) electrons. The minimum Gasteiger partial charge on any atom is -0.360 e. The molecule has 0 saturated heterocycles. The fraction of sp³-hybridized carbons (Fsp3) is 0.714. The van der Waals surface area contributed by atoms with Gasteiger partial charge in [0, 0.05) is 24.6 Å². The predicted molar refractivity (Wildman–Crippen MR) is 75.3 cm³/mol. The van der Waals surface area contributed by atoms with Crippen LogP contribution in [0.15, 0.2) is 4.52 Å². The Balaban J connectivity index is 2.67. The average molecular weight is 267 g/mol. The molecule has 1 aromatic rings. The van der Waals surface area contributed by atoms with Gasteiger partial charge in [-0.15, -0.1) is 0 Å². The Labute approximate surface area is 115 Å². The first-order valence-corrected chi connectivity index (χ1v) is 6.78. The lowest BCUT2D eigenvalue weighted by Gasteiger charge is -2.27. The van der Waals surface area contributed by atoms with Crippen LogP contribution in [0.2, 0.25) is 0 Å². The Morgan fingerprint density at radius 3 is 2.47 bits per heavy atom. The Morgan fingerprint density at radius 1 is 1.42 bits per heavy atom. The van der Waals surface area contributed by atoms with Crippen LogP contribution < -0.4 is 5.32 Å². The average Bonchev–Trinajstić information content (AvgIpc) is 2.69. The number of aryl methyl sites for hydroxylation is 1. The van der Waals surface area contributed by atoms with Crippen molar-refractivity contribution in [2.45, 2.75) is 40.2 Å². The molecule has 0 spiro atoms. The smallest absolute Gasteiger partial charge is 0.273 e. The fourth-order valence-electron chi connectivity index (χ4n) is 2.21. The van der Waals surface area contributed by atoms with Crippen molar-refractivity contribution in [2.75, 3.05) is 20.6 Å². The van der Waals surface area contributed by atoms with Crippen molar-refractivity contribution in [1.82, 2.24) is 15.4 Å². The first-order valence-electron chi connectivity index (χ1n) is 6.78. The molecular formula is C14H25N3O2. The topological polar surface area (TPSA) is 58.4 Å². The van der Waals surface area contributed by atoms with E-state index in [1.165, 1.54) is 0 Å². The Kier molecular flexibility index (Phi) is 5.54. The number of amides is 1. The van der Waals surface area contributed by atoms with Crippen LogP contribution >= 0.6 is 0 Å². The molecule has 1 amide bonds. The summed E-state index contributed by atoms with van der Waals surface area (Å²) in [5, 5.41) is 6.79. The summed E-state index contributed by atoms with van der Waals surface area (Å²) in [5.41, 5.74) is 1.24. The SMILES string of the molecule is CCc1onc(C(=O)NCC(C(C)C)N(C)C)c1C. The molecule has 1 aromatic heterocycles. The van der Waals surface area contributed by atoms with Gasteiger partial charge >= 0.3 is 0 Å². The van der Waals surface area contributed by atoms with Crippen LogP contribution in [-0.2, 0) is 6.42 Å². The lowest BCUT2D eigenvalue weighted by Crippen LogP contribution is -2.43. The van der Waals surface area contributed by atoms with E-state index in [-0.39, 0.29) is 5.91 Å². The van der Waals surface area contributed by atoms with E-state index in [1.807, 2.05) is 27.9 Å². The van der Waals surface area contributed by atoms with Gasteiger partial charge in [-0.05, 0) is 26.9 Å². The van der Waals surface area contributed by atoms with Gasteiger partial charge in [0.25, 0.3) is 5.91 Å². The highest BCUT2D eigenvalue weighted by atomic mass is 16.5. The second-order valence-corrected chi connectivity index (χ2v) is 5.42. The Morgan fingerprint density at radius 2 is 2.05 bits per heavy atom. The number of hydrogen-bond acceptors (Lipinski definition) is 4. The summed E-state index contributed by atoms with van der Waals surface area (Å²) >= 11 is 0. The summed E-state index contributed by atoms with van der Waals surface area (Å²) in [7, 11) is 4.04. The molecule has 1 unspecified atom stereocenters. The molecular weight excluding hydrogens is 242 g/mol. The molecule has 108 valence electrons. The lowest BCUT2D eigenvalue weighted by molar-refractivity contribution is 0.0925. The number of carbonyl (C=O) groups excluding carboxylic acids is 1. The van der Waals surface area contributed by atoms with Crippen LogP contribution in [0.4, 0.5) is 0 Å². The van der Waals surface area contributed by atoms with E-state index >= 15 is 0 Å². The standard InChI is InChI=1S/C14H25N3O2/c1-7-12-10(4)13(16-19-12)14(18)15-8-11(9(2)3)17(5)6/h9,11H,7-8H2,1-6H3,(H,15,18). The third-order valence-corrected chi connectivity index (χ3v) is 3.46. The van der Waals surface area contributed by atoms with Gasteiger partial charge in [0.2, 0.25) is 0 Å². The van der Waals surface area contributed by atoms with Crippen molar-refractivity contribution < 1.29 is 9.32 Å². The van der Waals surface area contributed by atoms with E-state index < -0.39 is 0 Å². The van der Waals surface area contributed by atoms with Crippen molar-refractivity contribution in [3.63, 3.8) is 0 Å². The van der Waals surface area contributed by atoms with Crippen LogP contribution in [0, 0.1) is 12.8 Å². The molecule has 0 fully saturated rings. The summed E-state index contributed by atoms with van der Waals surface area (Å²) in [4.78, 5) is 14.2. The van der Waals surface area contributed by atoms with Gasteiger partial charge in [-0.3, -0.25) is 4.79 Å². The molecule has 1 atom stereocenters. The van der Waals surface area contributed by atoms with Crippen molar-refractivity contribution in [3.8, 4) is 0 Å². The predicted octanol–water partition coefficient (Wildman–Crippen LogP) is 1.86. The molecule has 5 heteroatoms. The molecule has 0 aliphatic rings. The largest absolute Gasteiger partial charge is 0.360 e. The van der Waals surface area contributed by atoms with E-state index in [2.05, 4.69) is 29.2 Å². The number of aromatic nitrogens is 1. The van der Waals surface area contributed by atoms with Crippen LogP contribution in [0.3, 0.4) is 0 Å². The summed E-state index contributed by atoms with van der Waals surface area (Å²) in [6, 6.07) is 0.307. The van der Waals surface area contributed by atoms with Gasteiger partial charge in [0.05, 0.1) is 0 Å². The van der Waals surface area contributed by atoms with E-state index in [0.717, 1.165) is 17.7 Å². The maximum Gasteiger partial charge on any atom is 0.273 e. The summed E-state index contributed by atoms with van der Waals surface area (Å²) in [5.74, 6) is 1.09. The zero-order valence-corrected chi connectivity index (χ0v) is 12.8. The molecule has 0 saturated carbocycles. The molecule has 1 rings (SSSR count). The van der Waals surface area contributed by atoms with E-state index in [4.69, 9.17) is 4.52 Å². The van der Waals surface area contributed by atoms with Crippen molar-refractivity contribution in [2.24, 2.45) is 5.92 Å². The lowest BCUT2D eigenvalue weighted by atomic mass is 10.0. The van der Waals surface area contributed by atoms with Crippen LogP contribution in [0.5, 0.6) is 0 Å². The van der Waals surface area contributed by atoms with Gasteiger partial charge in [-0.1, -0.05) is 25.9 Å². The number of hydrogen-bond donors (Lipinski definition) is 1. The third kappa shape index (κ3) is 3.80. The molecule has 1 N–H and O–H groups in total. The minimum absolute atomic E-state index is 0.159. The highest BCUT2D eigenvalue weighted by Gasteiger charge is 2.20. The van der Waals surface area contributed by atoms with Crippen molar-refractivity contribution in [3.05, 3.63) is 17.0 Å². The van der Waals surface area contributed by atoms with Gasteiger partial charge in [-0.2, -0.15) is 0 Å². The number of nitrogens with one attached hydrogen (secondary N) is 1. The van der Waals surface area contributed by atoms with Gasteiger partial charge in [0.1, 0.15) is 5.76 Å². The summed E-state index contributed by atoms with van der Waals surface area (Å²) < 4.78 is 5.15. The quantitative estimate of drug-likeness (QED) is 0.854. The Bertz CT molecular complexity index is 416. The van der Waals surface area contributed by atoms with Gasteiger partial charge < -0.3 is 14.7 Å². The van der Waals surface area contributed by atoms with E-state index in [0.29, 0.717) is 24.2 Å². The highest BCUT2D eigenvalue weighted by molar-refractivity contribution is 5.93. The fourth-order valence-corrected chi connectivity index (χ4v) is 2.21. The zero-order chi connectivity index (χ0) is 14.6. The molecule has 19 heavy (non-hydrogen) atoms. The minimum atomic E-state index is -0.159. The number of carbonyl (C=O) groups is 1. The number of rotatable bonds is 6. The number of nitrogens with zero attached hydrogens (tertiary/aromatic N) is 2. The van der Waals surface area contributed by atoms with Gasteiger partial charge in [0.15, 0.2) is 5.69 Å². The monoisotopic (exact) mass is 267 g/mol. The molecule has 0 aromatic carbocycles. The molecule has 0 aliphatic heterocycles. The van der Waals surface area contributed by atoms with E-state index in [1.54, 1.807) is 0 Å². The highest BCUT2D eigenvalue weighted by Crippen LogP contribution is 2.13. The molecule has 1 heterocycles. The Hall–Kier alpha value is -1.36. The zero-order valence-electron chi connectivity index (χ0n) is 12.8. The summed E-state index contributed by atoms with van der Waals surface area (Å²) in [6.45, 7) is 8.75. The molecule has 0 bridgehead atoms. The van der Waals surface area contributed by atoms with Crippen molar-refractivity contribution >= 4 is 5.91 Å². The summed E-state index contributed by atoms with van der Waals surface area (Å²) in [6.07, 6.45) is 0.748. The van der Waals surface area contributed by atoms with Gasteiger partial charge in [-0.25, -0.2) is 0 Å². The van der Waals surface area contributed by atoms with Crippen molar-refractivity contribution in [1.29, 1.82) is 0 Å². The first kappa shape index (κ1) is 15.7. The maximum atomic E-state index is 12.1. The molecule has 0 aliphatic carbocycles. The normalized spacial score (nSPS) is 13.1. The molecule has 5 nitrogen and oxygen atoms in total. The number of likely N-dealkylation sites (N-methyl/N-ethyl adjacent to an activating group) is 1. The second-order valence-electron chi connectivity index (χ2n) is 5.42. The van der Waals surface area contributed by atoms with Crippen LogP contribution in [-0.4, -0.2) is 42.6 Å². The van der Waals surface area contributed by atoms with E-state index in [9.17, 15) is 4.79 Å². The second kappa shape index (κ2) is 6.70. The van der Waals surface area contributed by atoms with Crippen LogP contribution in [0.1, 0.15) is 42.6 Å². The van der Waals surface area contributed by atoms with Crippen LogP contribution in [0.25, 0.3) is 0 Å².